The van der Waals surface area contributed by atoms with Crippen molar-refractivity contribution in [3.63, 3.8) is 0 Å². The van der Waals surface area contributed by atoms with Crippen LogP contribution in [0.4, 0.5) is 0 Å². The lowest BCUT2D eigenvalue weighted by Crippen LogP contribution is -2.62. The summed E-state index contributed by atoms with van der Waals surface area (Å²) in [6.07, 6.45) is 7.42. The van der Waals surface area contributed by atoms with Crippen LogP contribution in [-0.4, -0.2) is 40.5 Å². The van der Waals surface area contributed by atoms with Gasteiger partial charge in [0, 0.05) is 24.3 Å². The minimum absolute atomic E-state index is 0.0686. The van der Waals surface area contributed by atoms with Crippen LogP contribution in [0.5, 0.6) is 0 Å². The molecule has 0 saturated carbocycles. The Morgan fingerprint density at radius 2 is 2.30 bits per heavy atom. The zero-order chi connectivity index (χ0) is 14.0. The predicted octanol–water partition coefficient (Wildman–Crippen LogP) is 2.22. The number of carbonyl (C=O) groups is 1. The second-order valence-electron chi connectivity index (χ2n) is 6.17. The van der Waals surface area contributed by atoms with Crippen LogP contribution in [0.25, 0.3) is 0 Å². The Labute approximate surface area is 120 Å². The summed E-state index contributed by atoms with van der Waals surface area (Å²) in [6, 6.07) is 5.85. The standard InChI is InChI=1S/C16H23N3O/c1-16-9-6-12-19(14(16)8-3-5-11-18-16)15(20)13-7-2-4-10-17-13/h2,4,7,10,14,18H,3,5-6,8-9,11-12H2,1H3/t14-,16-/m0/s1. The summed E-state index contributed by atoms with van der Waals surface area (Å²) in [5.41, 5.74) is 0.639. The Morgan fingerprint density at radius 1 is 1.40 bits per heavy atom. The molecule has 2 aliphatic heterocycles. The van der Waals surface area contributed by atoms with Gasteiger partial charge in [-0.25, -0.2) is 0 Å². The highest BCUT2D eigenvalue weighted by Gasteiger charge is 2.43. The molecule has 4 heteroatoms. The average Bonchev–Trinajstić information content (AvgIpc) is 2.68. The highest BCUT2D eigenvalue weighted by atomic mass is 16.2. The van der Waals surface area contributed by atoms with E-state index in [0.717, 1.165) is 32.4 Å². The topological polar surface area (TPSA) is 45.2 Å². The van der Waals surface area contributed by atoms with Gasteiger partial charge in [0.2, 0.25) is 0 Å². The number of nitrogens with one attached hydrogen (secondary N) is 1. The van der Waals surface area contributed by atoms with E-state index in [1.54, 1.807) is 6.20 Å². The number of hydrogen-bond acceptors (Lipinski definition) is 3. The summed E-state index contributed by atoms with van der Waals surface area (Å²) in [7, 11) is 0. The zero-order valence-corrected chi connectivity index (χ0v) is 12.1. The molecule has 20 heavy (non-hydrogen) atoms. The maximum absolute atomic E-state index is 12.7. The van der Waals surface area contributed by atoms with Crippen molar-refractivity contribution in [2.45, 2.75) is 50.6 Å². The molecule has 1 amide bonds. The van der Waals surface area contributed by atoms with E-state index in [9.17, 15) is 4.79 Å². The molecule has 108 valence electrons. The highest BCUT2D eigenvalue weighted by molar-refractivity contribution is 5.92. The van der Waals surface area contributed by atoms with Gasteiger partial charge in [-0.15, -0.1) is 0 Å². The van der Waals surface area contributed by atoms with Crippen LogP contribution < -0.4 is 5.32 Å². The number of likely N-dealkylation sites (tertiary alicyclic amines) is 1. The molecule has 1 aromatic heterocycles. The molecule has 2 atom stereocenters. The van der Waals surface area contributed by atoms with Crippen molar-refractivity contribution in [3.8, 4) is 0 Å². The molecular formula is C16H23N3O. The summed E-state index contributed by atoms with van der Waals surface area (Å²) >= 11 is 0. The van der Waals surface area contributed by atoms with Crippen molar-refractivity contribution < 1.29 is 4.79 Å². The van der Waals surface area contributed by atoms with Crippen LogP contribution >= 0.6 is 0 Å². The second-order valence-corrected chi connectivity index (χ2v) is 6.17. The zero-order valence-electron chi connectivity index (χ0n) is 12.1. The van der Waals surface area contributed by atoms with Gasteiger partial charge in [-0.3, -0.25) is 9.78 Å². The Hall–Kier alpha value is -1.42. The molecule has 0 unspecified atom stereocenters. The van der Waals surface area contributed by atoms with Crippen molar-refractivity contribution in [2.24, 2.45) is 0 Å². The van der Waals surface area contributed by atoms with E-state index in [2.05, 4.69) is 22.1 Å². The summed E-state index contributed by atoms with van der Waals surface area (Å²) < 4.78 is 0. The van der Waals surface area contributed by atoms with Gasteiger partial charge in [-0.1, -0.05) is 12.5 Å². The van der Waals surface area contributed by atoms with Gasteiger partial charge in [0.15, 0.2) is 0 Å². The van der Waals surface area contributed by atoms with Crippen LogP contribution in [0.1, 0.15) is 49.5 Å². The van der Waals surface area contributed by atoms with Crippen molar-refractivity contribution in [1.82, 2.24) is 15.2 Å². The van der Waals surface area contributed by atoms with Crippen LogP contribution in [0.15, 0.2) is 24.4 Å². The molecular weight excluding hydrogens is 250 g/mol. The minimum Gasteiger partial charge on any atom is -0.332 e. The number of aromatic nitrogens is 1. The van der Waals surface area contributed by atoms with E-state index in [0.29, 0.717) is 11.7 Å². The van der Waals surface area contributed by atoms with Gasteiger partial charge >= 0.3 is 0 Å². The lowest BCUT2D eigenvalue weighted by Gasteiger charge is -2.48. The lowest BCUT2D eigenvalue weighted by molar-refractivity contribution is 0.0374. The maximum Gasteiger partial charge on any atom is 0.272 e. The SMILES string of the molecule is C[C@]12CCCN(C(=O)c3ccccn3)[C@H]1CCCCN2. The fourth-order valence-corrected chi connectivity index (χ4v) is 3.68. The van der Waals surface area contributed by atoms with Gasteiger partial charge in [-0.2, -0.15) is 0 Å². The lowest BCUT2D eigenvalue weighted by atomic mass is 9.81. The van der Waals surface area contributed by atoms with E-state index in [1.807, 2.05) is 18.2 Å². The molecule has 3 rings (SSSR count). The van der Waals surface area contributed by atoms with E-state index in [-0.39, 0.29) is 11.4 Å². The Kier molecular flexibility index (Phi) is 3.74. The Morgan fingerprint density at radius 3 is 3.10 bits per heavy atom. The molecule has 1 N–H and O–H groups in total. The van der Waals surface area contributed by atoms with Crippen molar-refractivity contribution >= 4 is 5.91 Å². The fraction of sp³-hybridized carbons (Fsp3) is 0.625. The molecule has 1 aromatic rings. The minimum atomic E-state index is 0.0686. The first-order chi connectivity index (χ1) is 9.71. The van der Waals surface area contributed by atoms with Crippen LogP contribution in [0, 0.1) is 0 Å². The largest absolute Gasteiger partial charge is 0.332 e. The number of nitrogens with zero attached hydrogens (tertiary/aromatic N) is 2. The van der Waals surface area contributed by atoms with Gasteiger partial charge in [0.05, 0.1) is 0 Å². The Balaban J connectivity index is 1.86. The van der Waals surface area contributed by atoms with Crippen LogP contribution in [0.2, 0.25) is 0 Å². The fourth-order valence-electron chi connectivity index (χ4n) is 3.68. The van der Waals surface area contributed by atoms with E-state index < -0.39 is 0 Å². The number of pyridine rings is 1. The van der Waals surface area contributed by atoms with E-state index in [1.165, 1.54) is 12.8 Å². The van der Waals surface area contributed by atoms with E-state index >= 15 is 0 Å². The normalized spacial score (nSPS) is 30.4. The monoisotopic (exact) mass is 273 g/mol. The third-order valence-corrected chi connectivity index (χ3v) is 4.78. The summed E-state index contributed by atoms with van der Waals surface area (Å²) in [6.45, 7) is 4.21. The number of fused-ring (bicyclic) bond motifs is 1. The molecule has 3 heterocycles. The van der Waals surface area contributed by atoms with Crippen molar-refractivity contribution in [3.05, 3.63) is 30.1 Å². The van der Waals surface area contributed by atoms with Gasteiger partial charge in [0.25, 0.3) is 5.91 Å². The molecule has 4 nitrogen and oxygen atoms in total. The molecule has 0 aromatic carbocycles. The molecule has 2 saturated heterocycles. The maximum atomic E-state index is 12.7. The number of amides is 1. The van der Waals surface area contributed by atoms with Gasteiger partial charge in [-0.05, 0) is 51.3 Å². The number of hydrogen-bond donors (Lipinski definition) is 1. The predicted molar refractivity (Wildman–Crippen MR) is 78.6 cm³/mol. The number of carbonyl (C=O) groups excluding carboxylic acids is 1. The molecule has 2 fully saturated rings. The molecule has 0 aliphatic carbocycles. The first kappa shape index (κ1) is 13.6. The smallest absolute Gasteiger partial charge is 0.272 e. The highest BCUT2D eigenvalue weighted by Crippen LogP contribution is 2.33. The van der Waals surface area contributed by atoms with Gasteiger partial charge < -0.3 is 10.2 Å². The van der Waals surface area contributed by atoms with Crippen molar-refractivity contribution in [1.29, 1.82) is 0 Å². The second kappa shape index (κ2) is 5.52. The molecule has 0 radical (unpaired) electrons. The van der Waals surface area contributed by atoms with Gasteiger partial charge in [0.1, 0.15) is 5.69 Å². The Bertz CT molecular complexity index is 476. The third-order valence-electron chi connectivity index (χ3n) is 4.78. The number of rotatable bonds is 1. The van der Waals surface area contributed by atoms with E-state index in [4.69, 9.17) is 0 Å². The molecule has 0 spiro atoms. The summed E-state index contributed by atoms with van der Waals surface area (Å²) in [4.78, 5) is 19.0. The van der Waals surface area contributed by atoms with Crippen LogP contribution in [-0.2, 0) is 0 Å². The molecule has 0 bridgehead atoms. The summed E-state index contributed by atoms with van der Waals surface area (Å²) in [5.74, 6) is 0.0882. The van der Waals surface area contributed by atoms with Crippen molar-refractivity contribution in [2.75, 3.05) is 13.1 Å². The average molecular weight is 273 g/mol. The first-order valence-electron chi connectivity index (χ1n) is 7.68. The number of piperidine rings is 1. The quantitative estimate of drug-likeness (QED) is 0.853. The third kappa shape index (κ3) is 2.44. The van der Waals surface area contributed by atoms with Crippen LogP contribution in [0.3, 0.4) is 0 Å². The first-order valence-corrected chi connectivity index (χ1v) is 7.68. The molecule has 2 aliphatic rings. The summed E-state index contributed by atoms with van der Waals surface area (Å²) in [5, 5.41) is 3.68.